The van der Waals surface area contributed by atoms with Gasteiger partial charge in [-0.05, 0) is 12.8 Å². The van der Waals surface area contributed by atoms with Crippen LogP contribution in [0.15, 0.2) is 12.7 Å². The molecule has 0 radical (unpaired) electrons. The van der Waals surface area contributed by atoms with Gasteiger partial charge in [0.15, 0.2) is 0 Å². The third-order valence-electron chi connectivity index (χ3n) is 17.5. The Morgan fingerprint density at radius 3 is 0.301 bits per heavy atom. The lowest BCUT2D eigenvalue weighted by molar-refractivity contribution is 0.506. The monoisotopic (exact) mass is 1020 g/mol. The van der Waals surface area contributed by atoms with Crippen molar-refractivity contribution in [1.29, 1.82) is 0 Å². The van der Waals surface area contributed by atoms with E-state index in [4.69, 9.17) is 0 Å². The van der Waals surface area contributed by atoms with Crippen molar-refractivity contribution < 1.29 is 0 Å². The average Bonchev–Trinajstić information content (AvgIpc) is 3.40. The van der Waals surface area contributed by atoms with Gasteiger partial charge in [-0.15, -0.1) is 6.58 Å². The lowest BCUT2D eigenvalue weighted by Gasteiger charge is -2.05. The maximum atomic E-state index is 3.82. The molecule has 0 N–H and O–H groups in total. The summed E-state index contributed by atoms with van der Waals surface area (Å²) >= 11 is 0. The molecule has 0 aliphatic carbocycles. The van der Waals surface area contributed by atoms with Crippen LogP contribution in [0, 0.1) is 0 Å². The maximum Gasteiger partial charge on any atom is -0.0353 e. The molecule has 0 spiro atoms. The minimum absolute atomic E-state index is 1.21. The van der Waals surface area contributed by atoms with Gasteiger partial charge in [0.1, 0.15) is 0 Å². The lowest BCUT2D eigenvalue weighted by atomic mass is 10.0. The van der Waals surface area contributed by atoms with Gasteiger partial charge in [-0.25, -0.2) is 0 Å². The highest BCUT2D eigenvalue weighted by Gasteiger charge is 2.01. The zero-order valence-corrected chi connectivity index (χ0v) is 51.8. The van der Waals surface area contributed by atoms with Crippen LogP contribution in [-0.2, 0) is 0 Å². The Labute approximate surface area is 466 Å². The van der Waals surface area contributed by atoms with Gasteiger partial charge < -0.3 is 0 Å². The van der Waals surface area contributed by atoms with Crippen molar-refractivity contribution in [1.82, 2.24) is 0 Å². The molecule has 0 nitrogen and oxygen atoms in total. The molecule has 438 valence electrons. The molecule has 0 heteroatoms. The molecule has 0 aromatic heterocycles. The molecule has 0 fully saturated rings. The fourth-order valence-electron chi connectivity index (χ4n) is 12.2. The molecule has 0 rings (SSSR count). The van der Waals surface area contributed by atoms with Crippen molar-refractivity contribution in [2.45, 2.75) is 456 Å². The molecule has 73 heavy (non-hydrogen) atoms. The van der Waals surface area contributed by atoms with Crippen molar-refractivity contribution in [3.8, 4) is 0 Å². The van der Waals surface area contributed by atoms with Crippen LogP contribution in [0.2, 0.25) is 0 Å². The van der Waals surface area contributed by atoms with E-state index in [2.05, 4.69) is 19.6 Å². The van der Waals surface area contributed by atoms with Crippen LogP contribution in [0.5, 0.6) is 0 Å². The summed E-state index contributed by atoms with van der Waals surface area (Å²) in [5.41, 5.74) is 0. The third-order valence-corrected chi connectivity index (χ3v) is 17.5. The topological polar surface area (TPSA) is 0 Å². The molecule has 0 saturated heterocycles. The second-order valence-electron chi connectivity index (χ2n) is 25.1. The molecule has 0 amide bonds. The van der Waals surface area contributed by atoms with Crippen LogP contribution in [0.3, 0.4) is 0 Å². The molecule has 0 saturated carbocycles. The Morgan fingerprint density at radius 2 is 0.219 bits per heavy atom. The van der Waals surface area contributed by atoms with Crippen LogP contribution < -0.4 is 0 Å². The van der Waals surface area contributed by atoms with E-state index < -0.39 is 0 Å². The average molecular weight is 1020 g/mol. The Balaban J connectivity index is 3.07. The summed E-state index contributed by atoms with van der Waals surface area (Å²) < 4.78 is 0. The van der Waals surface area contributed by atoms with Gasteiger partial charge in [0.2, 0.25) is 0 Å². The number of rotatable bonds is 70. The minimum Gasteiger partial charge on any atom is -0.103 e. The first-order valence-electron chi connectivity index (χ1n) is 36.0. The van der Waals surface area contributed by atoms with E-state index in [-0.39, 0.29) is 0 Å². The first-order chi connectivity index (χ1) is 36.4. The Morgan fingerprint density at radius 1 is 0.137 bits per heavy atom. The summed E-state index contributed by atoms with van der Waals surface area (Å²) in [6.07, 6.45) is 106. The van der Waals surface area contributed by atoms with Crippen molar-refractivity contribution >= 4 is 0 Å². The fourth-order valence-corrected chi connectivity index (χ4v) is 12.2. The summed E-state index contributed by atoms with van der Waals surface area (Å²) in [4.78, 5) is 0. The van der Waals surface area contributed by atoms with Crippen molar-refractivity contribution in [2.75, 3.05) is 0 Å². The molecule has 0 aromatic rings. The van der Waals surface area contributed by atoms with Crippen molar-refractivity contribution in [3.63, 3.8) is 0 Å². The number of hydrogen-bond acceptors (Lipinski definition) is 0. The fraction of sp³-hybridized carbons (Fsp3) is 0.973. The largest absolute Gasteiger partial charge is 0.103 e. The van der Waals surface area contributed by atoms with E-state index in [1.165, 1.54) is 449 Å². The summed E-state index contributed by atoms with van der Waals surface area (Å²) in [6.45, 7) is 6.14. The first kappa shape index (κ1) is 72.7. The van der Waals surface area contributed by atoms with E-state index in [1.807, 2.05) is 0 Å². The summed E-state index contributed by atoms with van der Waals surface area (Å²) in [5.74, 6) is 0. The second kappa shape index (κ2) is 71.7. The van der Waals surface area contributed by atoms with Gasteiger partial charge >= 0.3 is 0 Å². The zero-order chi connectivity index (χ0) is 52.2. The van der Waals surface area contributed by atoms with E-state index >= 15 is 0 Å². The zero-order valence-electron chi connectivity index (χ0n) is 51.8. The van der Waals surface area contributed by atoms with E-state index in [1.54, 1.807) is 0 Å². The van der Waals surface area contributed by atoms with Crippen molar-refractivity contribution in [3.05, 3.63) is 12.7 Å². The Bertz CT molecular complexity index is 902. The first-order valence-corrected chi connectivity index (χ1v) is 36.0. The molecule has 0 aromatic carbocycles. The predicted molar refractivity (Wildman–Crippen MR) is 339 cm³/mol. The summed E-state index contributed by atoms with van der Waals surface area (Å²) in [5, 5.41) is 0. The predicted octanol–water partition coefficient (Wildman–Crippen LogP) is 28.5. The standard InChI is InChI=1S/C73H146/c1-3-5-7-9-11-13-15-17-19-21-23-25-27-29-31-33-35-37-39-41-43-45-47-49-51-53-55-57-59-61-63-65-67-69-71-73-72-70-68-66-64-62-60-58-56-54-52-50-48-46-44-42-40-38-36-34-32-30-28-26-24-22-20-18-16-14-12-10-8-6-4-2/h3H,1,4-73H2,2H3. The van der Waals surface area contributed by atoms with Gasteiger partial charge in [-0.1, -0.05) is 450 Å². The Kier molecular flexibility index (Phi) is 71.5. The van der Waals surface area contributed by atoms with Gasteiger partial charge in [0.05, 0.1) is 0 Å². The highest BCUT2D eigenvalue weighted by molar-refractivity contribution is 4.65. The summed E-state index contributed by atoms with van der Waals surface area (Å²) in [7, 11) is 0. The molecule has 0 unspecified atom stereocenters. The second-order valence-corrected chi connectivity index (χ2v) is 25.1. The van der Waals surface area contributed by atoms with Gasteiger partial charge in [0, 0.05) is 0 Å². The SMILES string of the molecule is C=CCCCCCCCCCCCCCCCCCCCCCCCCCCCCCCCCCCCCCCCCCCCCCCCCCCCCCCCCCCCCCCCCCCCCCCC. The molecular formula is C73H146. The third kappa shape index (κ3) is 71.7. The van der Waals surface area contributed by atoms with Crippen molar-refractivity contribution in [2.24, 2.45) is 0 Å². The Hall–Kier alpha value is -0.260. The quantitative estimate of drug-likeness (QED) is 0.0421. The smallest absolute Gasteiger partial charge is 0.0353 e. The van der Waals surface area contributed by atoms with Gasteiger partial charge in [-0.2, -0.15) is 0 Å². The summed E-state index contributed by atoms with van der Waals surface area (Å²) in [6, 6.07) is 0. The number of unbranched alkanes of at least 4 members (excludes halogenated alkanes) is 69. The van der Waals surface area contributed by atoms with E-state index in [0.29, 0.717) is 0 Å². The molecular weight excluding hydrogens is 877 g/mol. The maximum absolute atomic E-state index is 3.82. The van der Waals surface area contributed by atoms with Gasteiger partial charge in [-0.3, -0.25) is 0 Å². The number of allylic oxidation sites excluding steroid dienone is 1. The molecule has 0 bridgehead atoms. The highest BCUT2D eigenvalue weighted by Crippen LogP contribution is 2.21. The van der Waals surface area contributed by atoms with Crippen LogP contribution in [0.25, 0.3) is 0 Å². The highest BCUT2D eigenvalue weighted by atomic mass is 14.1. The van der Waals surface area contributed by atoms with E-state index in [9.17, 15) is 0 Å². The molecule has 0 heterocycles. The van der Waals surface area contributed by atoms with E-state index in [0.717, 1.165) is 0 Å². The van der Waals surface area contributed by atoms with Crippen LogP contribution in [0.1, 0.15) is 456 Å². The van der Waals surface area contributed by atoms with Crippen LogP contribution in [0.4, 0.5) is 0 Å². The van der Waals surface area contributed by atoms with Crippen LogP contribution in [-0.4, -0.2) is 0 Å². The lowest BCUT2D eigenvalue weighted by Crippen LogP contribution is -1.85. The number of hydrogen-bond donors (Lipinski definition) is 0. The van der Waals surface area contributed by atoms with Gasteiger partial charge in [0.25, 0.3) is 0 Å². The minimum atomic E-state index is 1.21. The molecule has 0 atom stereocenters. The van der Waals surface area contributed by atoms with Crippen LogP contribution >= 0.6 is 0 Å². The molecule has 0 aliphatic heterocycles. The molecule has 0 aliphatic rings. The normalized spacial score (nSPS) is 11.7.